The van der Waals surface area contributed by atoms with Gasteiger partial charge in [0.05, 0.1) is 6.10 Å². The smallest absolute Gasteiger partial charge is 0.131 e. The lowest BCUT2D eigenvalue weighted by Gasteiger charge is -2.55. The zero-order chi connectivity index (χ0) is 16.4. The van der Waals surface area contributed by atoms with Gasteiger partial charge >= 0.3 is 0 Å². The van der Waals surface area contributed by atoms with Crippen LogP contribution in [0, 0.1) is 17.3 Å². The largest absolute Gasteiger partial charge is 0.508 e. The van der Waals surface area contributed by atoms with E-state index in [9.17, 15) is 14.6 Å². The van der Waals surface area contributed by atoms with Gasteiger partial charge in [-0.3, -0.25) is 0 Å². The lowest BCUT2D eigenvalue weighted by atomic mass is 9.48. The minimum Gasteiger partial charge on any atom is -0.508 e. The molecule has 0 spiro atoms. The lowest BCUT2D eigenvalue weighted by Crippen LogP contribution is -2.51. The lowest BCUT2D eigenvalue weighted by molar-refractivity contribution is -0.0198. The molecule has 4 rings (SSSR count). The highest BCUT2D eigenvalue weighted by Crippen LogP contribution is 2.64. The second kappa shape index (κ2) is 4.83. The first-order valence-electron chi connectivity index (χ1n) is 8.70. The molecule has 0 amide bonds. The number of aliphatic hydroxyl groups excluding tert-OH is 1. The Labute approximate surface area is 137 Å². The second-order valence-electron chi connectivity index (χ2n) is 8.05. The number of aryl methyl sites for hydroxylation is 1. The van der Waals surface area contributed by atoms with Crippen LogP contribution in [0.25, 0.3) is 0 Å². The minimum atomic E-state index is -1.11. The van der Waals surface area contributed by atoms with Crippen molar-refractivity contribution in [1.29, 1.82) is 0 Å². The van der Waals surface area contributed by atoms with Crippen LogP contribution in [0.15, 0.2) is 30.9 Å². The van der Waals surface area contributed by atoms with Crippen molar-refractivity contribution < 1.29 is 14.6 Å². The van der Waals surface area contributed by atoms with Crippen molar-refractivity contribution in [2.24, 2.45) is 17.3 Å². The zero-order valence-corrected chi connectivity index (χ0v) is 13.6. The van der Waals surface area contributed by atoms with E-state index in [1.807, 2.05) is 19.1 Å². The first kappa shape index (κ1) is 15.2. The van der Waals surface area contributed by atoms with Gasteiger partial charge in [0.15, 0.2) is 0 Å². The molecule has 2 fully saturated rings. The third kappa shape index (κ3) is 1.83. The molecule has 1 aromatic rings. The van der Waals surface area contributed by atoms with Crippen LogP contribution in [0.3, 0.4) is 0 Å². The summed E-state index contributed by atoms with van der Waals surface area (Å²) < 4.78 is 14.7. The normalized spacial score (nSPS) is 45.0. The Kier molecular flexibility index (Phi) is 3.19. The van der Waals surface area contributed by atoms with Crippen molar-refractivity contribution in [2.45, 2.75) is 56.7 Å². The summed E-state index contributed by atoms with van der Waals surface area (Å²) in [5.41, 5.74) is 1.89. The van der Waals surface area contributed by atoms with E-state index in [-0.39, 0.29) is 11.3 Å². The molecule has 124 valence electrons. The molecule has 0 aliphatic heterocycles. The second-order valence-corrected chi connectivity index (χ2v) is 8.05. The van der Waals surface area contributed by atoms with Gasteiger partial charge in [-0.15, -0.1) is 6.58 Å². The Bertz CT molecular complexity index is 657. The van der Waals surface area contributed by atoms with E-state index in [1.54, 1.807) is 6.07 Å². The van der Waals surface area contributed by atoms with Crippen molar-refractivity contribution in [3.8, 4) is 5.75 Å². The SMILES string of the molecule is C=CC12CC[C@]3(C)C(F)C(O)C[C@H]3[C@@H]1CCc1cc(O)ccc12. The maximum atomic E-state index is 14.7. The average molecular weight is 316 g/mol. The van der Waals surface area contributed by atoms with Crippen molar-refractivity contribution in [3.63, 3.8) is 0 Å². The van der Waals surface area contributed by atoms with E-state index in [0.717, 1.165) is 25.7 Å². The molecule has 0 radical (unpaired) electrons. The number of hydrogen-bond acceptors (Lipinski definition) is 2. The molecule has 0 saturated heterocycles. The molecule has 6 atom stereocenters. The molecule has 0 bridgehead atoms. The van der Waals surface area contributed by atoms with Crippen molar-refractivity contribution in [3.05, 3.63) is 42.0 Å². The Morgan fingerprint density at radius 1 is 1.30 bits per heavy atom. The highest BCUT2D eigenvalue weighted by Gasteiger charge is 2.62. The van der Waals surface area contributed by atoms with E-state index >= 15 is 0 Å². The van der Waals surface area contributed by atoms with Gasteiger partial charge in [-0.1, -0.05) is 19.1 Å². The molecule has 3 aliphatic rings. The summed E-state index contributed by atoms with van der Waals surface area (Å²) in [5, 5.41) is 19.9. The third-order valence-corrected chi connectivity index (χ3v) is 7.21. The number of alkyl halides is 1. The zero-order valence-electron chi connectivity index (χ0n) is 13.6. The molecule has 0 heterocycles. The fourth-order valence-electron chi connectivity index (χ4n) is 5.97. The number of phenols is 1. The summed E-state index contributed by atoms with van der Waals surface area (Å²) in [6.07, 6.45) is 4.21. The Hall–Kier alpha value is -1.35. The van der Waals surface area contributed by atoms with E-state index in [2.05, 4.69) is 12.7 Å². The molecule has 23 heavy (non-hydrogen) atoms. The highest BCUT2D eigenvalue weighted by atomic mass is 19.1. The van der Waals surface area contributed by atoms with Crippen molar-refractivity contribution in [2.75, 3.05) is 0 Å². The molecule has 0 aromatic heterocycles. The molecular formula is C20H25FO2. The number of aromatic hydroxyl groups is 1. The van der Waals surface area contributed by atoms with Crippen LogP contribution in [0.2, 0.25) is 0 Å². The van der Waals surface area contributed by atoms with Gasteiger partial charge in [0, 0.05) is 10.8 Å². The molecule has 2 nitrogen and oxygen atoms in total. The van der Waals surface area contributed by atoms with Gasteiger partial charge in [-0.2, -0.15) is 0 Å². The number of halogens is 1. The van der Waals surface area contributed by atoms with Crippen molar-refractivity contribution in [1.82, 2.24) is 0 Å². The van der Waals surface area contributed by atoms with Gasteiger partial charge in [-0.05, 0) is 67.2 Å². The number of hydrogen-bond donors (Lipinski definition) is 2. The standard InChI is InChI=1S/C20H25FO2/c1-3-20-9-8-19(2)16(11-17(23)18(19)21)15(20)6-4-12-10-13(22)5-7-14(12)20/h3,5,7,10,15-18,22-23H,1,4,6,8-9,11H2,2H3/t15-,16-,17?,18?,19-,20?/m0/s1. The van der Waals surface area contributed by atoms with Gasteiger partial charge in [0.1, 0.15) is 11.9 Å². The molecule has 2 saturated carbocycles. The highest BCUT2D eigenvalue weighted by molar-refractivity contribution is 5.46. The first-order chi connectivity index (χ1) is 10.9. The van der Waals surface area contributed by atoms with Crippen molar-refractivity contribution >= 4 is 0 Å². The van der Waals surface area contributed by atoms with Gasteiger partial charge in [-0.25, -0.2) is 4.39 Å². The minimum absolute atomic E-state index is 0.144. The molecule has 1 aromatic carbocycles. The number of allylic oxidation sites excluding steroid dienone is 1. The van der Waals surface area contributed by atoms with Crippen LogP contribution in [-0.2, 0) is 11.8 Å². The Morgan fingerprint density at radius 3 is 2.83 bits per heavy atom. The Morgan fingerprint density at radius 2 is 2.09 bits per heavy atom. The topological polar surface area (TPSA) is 40.5 Å². The maximum absolute atomic E-state index is 14.7. The van der Waals surface area contributed by atoms with Crippen LogP contribution in [0.1, 0.15) is 43.7 Å². The van der Waals surface area contributed by atoms with Crippen LogP contribution >= 0.6 is 0 Å². The predicted molar refractivity (Wildman–Crippen MR) is 88.1 cm³/mol. The Balaban J connectivity index is 1.83. The summed E-state index contributed by atoms with van der Waals surface area (Å²) >= 11 is 0. The summed E-state index contributed by atoms with van der Waals surface area (Å²) in [6.45, 7) is 6.16. The van der Waals surface area contributed by atoms with Gasteiger partial charge in [0.2, 0.25) is 0 Å². The van der Waals surface area contributed by atoms with Crippen LogP contribution in [-0.4, -0.2) is 22.5 Å². The van der Waals surface area contributed by atoms with Gasteiger partial charge < -0.3 is 10.2 Å². The molecular weight excluding hydrogens is 291 g/mol. The van der Waals surface area contributed by atoms with Gasteiger partial charge in [0.25, 0.3) is 0 Å². The molecule has 3 unspecified atom stereocenters. The fraction of sp³-hybridized carbons (Fsp3) is 0.600. The quantitative estimate of drug-likeness (QED) is 0.772. The monoisotopic (exact) mass is 316 g/mol. The number of fused-ring (bicyclic) bond motifs is 5. The number of phenolic OH excluding ortho intramolecular Hbond substituents is 1. The average Bonchev–Trinajstić information content (AvgIpc) is 2.77. The molecule has 3 heteroatoms. The summed E-state index contributed by atoms with van der Waals surface area (Å²) in [6, 6.07) is 5.65. The summed E-state index contributed by atoms with van der Waals surface area (Å²) in [5.74, 6) is 0.828. The third-order valence-electron chi connectivity index (χ3n) is 7.21. The van der Waals surface area contributed by atoms with Crippen LogP contribution in [0.4, 0.5) is 4.39 Å². The number of aliphatic hydroxyl groups is 1. The van der Waals surface area contributed by atoms with Crippen LogP contribution in [0.5, 0.6) is 5.75 Å². The van der Waals surface area contributed by atoms with E-state index in [1.165, 1.54) is 11.1 Å². The van der Waals surface area contributed by atoms with E-state index in [4.69, 9.17) is 0 Å². The number of rotatable bonds is 1. The number of benzene rings is 1. The van der Waals surface area contributed by atoms with E-state index in [0.29, 0.717) is 18.1 Å². The van der Waals surface area contributed by atoms with Crippen LogP contribution < -0.4 is 0 Å². The molecule has 2 N–H and O–H groups in total. The first-order valence-corrected chi connectivity index (χ1v) is 8.70. The maximum Gasteiger partial charge on any atom is 0.131 e. The molecule has 3 aliphatic carbocycles. The van der Waals surface area contributed by atoms with E-state index < -0.39 is 17.7 Å². The predicted octanol–water partition coefficient (Wildman–Crippen LogP) is 3.90. The summed E-state index contributed by atoms with van der Waals surface area (Å²) in [7, 11) is 0. The summed E-state index contributed by atoms with van der Waals surface area (Å²) in [4.78, 5) is 0. The fourth-order valence-corrected chi connectivity index (χ4v) is 5.97.